The summed E-state index contributed by atoms with van der Waals surface area (Å²) < 4.78 is 4.73. The summed E-state index contributed by atoms with van der Waals surface area (Å²) in [5, 5.41) is 5.04. The lowest BCUT2D eigenvalue weighted by atomic mass is 10.1. The number of hydrogen-bond acceptors (Lipinski definition) is 1. The van der Waals surface area contributed by atoms with E-state index in [9.17, 15) is 0 Å². The van der Waals surface area contributed by atoms with Crippen LogP contribution in [0.25, 0.3) is 55.0 Å². The number of nitrogens with zero attached hydrogens (tertiary/aromatic N) is 3. The molecule has 190 valence electrons. The molecule has 2 aromatic heterocycles. The first-order chi connectivity index (χ1) is 19.8. The van der Waals surface area contributed by atoms with Crippen LogP contribution >= 0.6 is 0 Å². The molecule has 0 radical (unpaired) electrons. The van der Waals surface area contributed by atoms with E-state index >= 15 is 0 Å². The molecule has 40 heavy (non-hydrogen) atoms. The molecule has 0 fully saturated rings. The molecule has 8 aromatic rings. The van der Waals surface area contributed by atoms with Gasteiger partial charge in [0.25, 0.3) is 0 Å². The molecule has 0 amide bonds. The number of fused-ring (bicyclic) bond motifs is 6. The zero-order valence-corrected chi connectivity index (χ0v) is 22.2. The molecule has 0 aliphatic heterocycles. The van der Waals surface area contributed by atoms with Gasteiger partial charge in [-0.1, -0.05) is 78.9 Å². The third-order valence-corrected chi connectivity index (χ3v) is 8.12. The van der Waals surface area contributed by atoms with Gasteiger partial charge >= 0.3 is 0 Å². The van der Waals surface area contributed by atoms with Crippen LogP contribution in [0.3, 0.4) is 0 Å². The first-order valence-corrected chi connectivity index (χ1v) is 13.7. The van der Waals surface area contributed by atoms with Gasteiger partial charge in [-0.3, -0.25) is 0 Å². The van der Waals surface area contributed by atoms with Crippen molar-refractivity contribution in [2.45, 2.75) is 0 Å². The predicted octanol–water partition coefficient (Wildman–Crippen LogP) is 9.65. The van der Waals surface area contributed by atoms with E-state index in [-0.39, 0.29) is 0 Å². The highest BCUT2D eigenvalue weighted by atomic mass is 15.1. The lowest BCUT2D eigenvalue weighted by Gasteiger charge is -2.20. The van der Waals surface area contributed by atoms with Gasteiger partial charge in [0.05, 0.1) is 22.1 Å². The molecular formula is C37H27N3. The average Bonchev–Trinajstić information content (AvgIpc) is 3.53. The Hall–Kier alpha value is -5.28. The lowest BCUT2D eigenvalue weighted by Crippen LogP contribution is -2.09. The third kappa shape index (κ3) is 3.38. The number of aromatic nitrogens is 2. The van der Waals surface area contributed by atoms with Crippen molar-refractivity contribution in [3.05, 3.63) is 146 Å². The van der Waals surface area contributed by atoms with E-state index < -0.39 is 0 Å². The summed E-state index contributed by atoms with van der Waals surface area (Å²) >= 11 is 0. The molecule has 0 spiro atoms. The molecule has 0 saturated heterocycles. The van der Waals surface area contributed by atoms with Gasteiger partial charge < -0.3 is 14.0 Å². The number of benzene rings is 6. The van der Waals surface area contributed by atoms with Crippen LogP contribution < -0.4 is 4.90 Å². The second kappa shape index (κ2) is 8.89. The van der Waals surface area contributed by atoms with Gasteiger partial charge in [0, 0.05) is 51.3 Å². The first-order valence-electron chi connectivity index (χ1n) is 13.7. The molecule has 0 saturated carbocycles. The Morgan fingerprint density at radius 1 is 0.375 bits per heavy atom. The van der Waals surface area contributed by atoms with Crippen LogP contribution in [0.4, 0.5) is 11.4 Å². The highest BCUT2D eigenvalue weighted by Gasteiger charge is 2.16. The standard InChI is InChI=1S/C37H27N3/c1-38(28-21-23-36-33(24-28)31-17-9-11-19-35(31)39(36)26-12-4-2-5-13-26)29-20-22-32-30-16-8-10-18-34(30)40(37(32)25-29)27-14-6-3-7-15-27/h2-25H,1H3. The maximum Gasteiger partial charge on any atom is 0.0561 e. The van der Waals surface area contributed by atoms with Gasteiger partial charge in [-0.05, 0) is 66.7 Å². The second-order valence-corrected chi connectivity index (χ2v) is 10.3. The number of para-hydroxylation sites is 4. The van der Waals surface area contributed by atoms with Crippen molar-refractivity contribution in [2.24, 2.45) is 0 Å². The first kappa shape index (κ1) is 22.7. The van der Waals surface area contributed by atoms with Crippen molar-refractivity contribution in [2.75, 3.05) is 11.9 Å². The molecule has 0 unspecified atom stereocenters. The molecule has 3 heteroatoms. The zero-order valence-electron chi connectivity index (χ0n) is 22.2. The van der Waals surface area contributed by atoms with E-state index in [0.29, 0.717) is 0 Å². The third-order valence-electron chi connectivity index (χ3n) is 8.12. The molecule has 0 aliphatic rings. The number of rotatable bonds is 4. The molecule has 8 rings (SSSR count). The SMILES string of the molecule is CN(c1ccc2c(c1)c1ccccc1n2-c1ccccc1)c1ccc2c3ccccc3n(-c3ccccc3)c2c1. The maximum absolute atomic E-state index is 2.37. The number of hydrogen-bond donors (Lipinski definition) is 0. The fourth-order valence-electron chi connectivity index (χ4n) is 6.20. The van der Waals surface area contributed by atoms with E-state index in [0.717, 1.165) is 11.4 Å². The normalized spacial score (nSPS) is 11.6. The Bertz CT molecular complexity index is 2170. The van der Waals surface area contributed by atoms with Crippen LogP contribution in [-0.2, 0) is 0 Å². The molecule has 0 N–H and O–H groups in total. The predicted molar refractivity (Wildman–Crippen MR) is 170 cm³/mol. The Labute approximate surface area is 232 Å². The van der Waals surface area contributed by atoms with Crippen LogP contribution in [-0.4, -0.2) is 16.2 Å². The zero-order chi connectivity index (χ0) is 26.6. The summed E-state index contributed by atoms with van der Waals surface area (Å²) in [5.74, 6) is 0. The van der Waals surface area contributed by atoms with Crippen molar-refractivity contribution >= 4 is 55.0 Å². The summed E-state index contributed by atoms with van der Waals surface area (Å²) in [6.07, 6.45) is 0. The summed E-state index contributed by atoms with van der Waals surface area (Å²) in [6, 6.07) is 52.3. The summed E-state index contributed by atoms with van der Waals surface area (Å²) in [4.78, 5) is 2.29. The largest absolute Gasteiger partial charge is 0.345 e. The highest BCUT2D eigenvalue weighted by molar-refractivity contribution is 6.11. The minimum atomic E-state index is 1.15. The minimum absolute atomic E-state index is 1.15. The average molecular weight is 514 g/mol. The van der Waals surface area contributed by atoms with Gasteiger partial charge in [0.15, 0.2) is 0 Å². The van der Waals surface area contributed by atoms with Gasteiger partial charge in [-0.25, -0.2) is 0 Å². The van der Waals surface area contributed by atoms with Crippen molar-refractivity contribution < 1.29 is 0 Å². The van der Waals surface area contributed by atoms with Crippen LogP contribution in [0.2, 0.25) is 0 Å². The van der Waals surface area contributed by atoms with E-state index in [4.69, 9.17) is 0 Å². The molecular weight excluding hydrogens is 486 g/mol. The van der Waals surface area contributed by atoms with E-state index in [1.165, 1.54) is 55.0 Å². The van der Waals surface area contributed by atoms with Crippen LogP contribution in [0, 0.1) is 0 Å². The van der Waals surface area contributed by atoms with E-state index in [2.05, 4.69) is 167 Å². The fraction of sp³-hybridized carbons (Fsp3) is 0.0270. The monoisotopic (exact) mass is 513 g/mol. The quantitative estimate of drug-likeness (QED) is 0.228. The smallest absolute Gasteiger partial charge is 0.0561 e. The Kier molecular flexibility index (Phi) is 5.04. The summed E-state index contributed by atoms with van der Waals surface area (Å²) in [7, 11) is 2.16. The van der Waals surface area contributed by atoms with Gasteiger partial charge in [-0.15, -0.1) is 0 Å². The van der Waals surface area contributed by atoms with Crippen molar-refractivity contribution in [1.29, 1.82) is 0 Å². The second-order valence-electron chi connectivity index (χ2n) is 10.3. The fourth-order valence-corrected chi connectivity index (χ4v) is 6.20. The van der Waals surface area contributed by atoms with Crippen LogP contribution in [0.1, 0.15) is 0 Å². The van der Waals surface area contributed by atoms with Crippen LogP contribution in [0.5, 0.6) is 0 Å². The summed E-state index contributed by atoms with van der Waals surface area (Å²) in [6.45, 7) is 0. The number of anilines is 2. The molecule has 2 heterocycles. The summed E-state index contributed by atoms with van der Waals surface area (Å²) in [5.41, 5.74) is 9.51. The topological polar surface area (TPSA) is 13.1 Å². The van der Waals surface area contributed by atoms with E-state index in [1.54, 1.807) is 0 Å². The van der Waals surface area contributed by atoms with Crippen LogP contribution in [0.15, 0.2) is 146 Å². The Morgan fingerprint density at radius 2 is 0.825 bits per heavy atom. The lowest BCUT2D eigenvalue weighted by molar-refractivity contribution is 1.17. The molecule has 0 atom stereocenters. The van der Waals surface area contributed by atoms with Gasteiger partial charge in [0.1, 0.15) is 0 Å². The minimum Gasteiger partial charge on any atom is -0.345 e. The maximum atomic E-state index is 2.37. The van der Waals surface area contributed by atoms with Gasteiger partial charge in [0.2, 0.25) is 0 Å². The van der Waals surface area contributed by atoms with Crippen molar-refractivity contribution in [1.82, 2.24) is 9.13 Å². The van der Waals surface area contributed by atoms with Crippen molar-refractivity contribution in [3.63, 3.8) is 0 Å². The highest BCUT2D eigenvalue weighted by Crippen LogP contribution is 2.38. The Morgan fingerprint density at radius 3 is 1.48 bits per heavy atom. The molecule has 0 bridgehead atoms. The molecule has 0 aliphatic carbocycles. The Balaban J connectivity index is 1.30. The molecule has 6 aromatic carbocycles. The van der Waals surface area contributed by atoms with Gasteiger partial charge in [-0.2, -0.15) is 0 Å². The molecule has 3 nitrogen and oxygen atoms in total. The van der Waals surface area contributed by atoms with E-state index in [1.807, 2.05) is 0 Å². The van der Waals surface area contributed by atoms with Crippen molar-refractivity contribution in [3.8, 4) is 11.4 Å².